The van der Waals surface area contributed by atoms with Crippen LogP contribution in [0.4, 0.5) is 5.69 Å². The van der Waals surface area contributed by atoms with Crippen LogP contribution in [-0.2, 0) is 5.60 Å². The van der Waals surface area contributed by atoms with E-state index in [-0.39, 0.29) is 11.9 Å². The number of anilines is 1. The number of pyridine rings is 1. The Morgan fingerprint density at radius 3 is 2.38 bits per heavy atom. The molecule has 0 saturated carbocycles. The van der Waals surface area contributed by atoms with E-state index in [0.29, 0.717) is 35.9 Å². The molecule has 1 aliphatic heterocycles. The molecule has 1 saturated heterocycles. The summed E-state index contributed by atoms with van der Waals surface area (Å²) in [7, 11) is 0. The average Bonchev–Trinajstić information content (AvgIpc) is 2.99. The van der Waals surface area contributed by atoms with Gasteiger partial charge in [0.1, 0.15) is 5.60 Å². The summed E-state index contributed by atoms with van der Waals surface area (Å²) in [6, 6.07) is 17.8. The second-order valence-corrected chi connectivity index (χ2v) is 11.8. The summed E-state index contributed by atoms with van der Waals surface area (Å²) in [6.07, 6.45) is 3.69. The van der Waals surface area contributed by atoms with Gasteiger partial charge in [-0.1, -0.05) is 44.2 Å². The van der Waals surface area contributed by atoms with E-state index < -0.39 is 5.60 Å². The number of piperazine rings is 1. The van der Waals surface area contributed by atoms with E-state index >= 15 is 0 Å². The van der Waals surface area contributed by atoms with Gasteiger partial charge >= 0.3 is 0 Å². The molecule has 1 aliphatic rings. The van der Waals surface area contributed by atoms with Gasteiger partial charge in [-0.25, -0.2) is 0 Å². The number of nitrogens with one attached hydrogen (secondary N) is 2. The zero-order valence-corrected chi connectivity index (χ0v) is 26.0. The van der Waals surface area contributed by atoms with Crippen molar-refractivity contribution in [2.75, 3.05) is 44.2 Å². The van der Waals surface area contributed by atoms with Gasteiger partial charge in [0.25, 0.3) is 5.91 Å². The molecule has 1 aromatic heterocycles. The van der Waals surface area contributed by atoms with Gasteiger partial charge in [-0.05, 0) is 80.3 Å². The molecule has 1 fully saturated rings. The third-order valence-corrected chi connectivity index (χ3v) is 8.06. The number of hydrogen-bond acceptors (Lipinski definition) is 6. The molecule has 42 heavy (non-hydrogen) atoms. The van der Waals surface area contributed by atoms with Crippen molar-refractivity contribution < 1.29 is 9.90 Å². The number of benzene rings is 2. The second-order valence-electron chi connectivity index (χ2n) is 11.4. The first-order valence-electron chi connectivity index (χ1n) is 14.9. The molecule has 224 valence electrons. The molecule has 0 aliphatic carbocycles. The lowest BCUT2D eigenvalue weighted by Gasteiger charge is -2.45. The highest BCUT2D eigenvalue weighted by Gasteiger charge is 2.34. The topological polar surface area (TPSA) is 80.7 Å². The molecule has 0 bridgehead atoms. The molecule has 0 unspecified atom stereocenters. The second kappa shape index (κ2) is 14.2. The van der Waals surface area contributed by atoms with Crippen molar-refractivity contribution >= 4 is 28.9 Å². The first kappa shape index (κ1) is 31.5. The van der Waals surface area contributed by atoms with E-state index in [1.54, 1.807) is 6.20 Å². The van der Waals surface area contributed by atoms with Crippen LogP contribution in [0, 0.1) is 6.92 Å². The highest BCUT2D eigenvalue weighted by atomic mass is 35.5. The van der Waals surface area contributed by atoms with Crippen molar-refractivity contribution in [2.45, 2.75) is 52.2 Å². The monoisotopic (exact) mass is 589 g/mol. The number of halogens is 1. The maximum absolute atomic E-state index is 12.6. The quantitative estimate of drug-likeness (QED) is 0.243. The van der Waals surface area contributed by atoms with E-state index in [1.807, 2.05) is 50.2 Å². The Kier molecular flexibility index (Phi) is 10.7. The van der Waals surface area contributed by atoms with Crippen molar-refractivity contribution in [1.29, 1.82) is 0 Å². The smallest absolute Gasteiger partial charge is 0.251 e. The number of hydrogen-bond donors (Lipinski definition) is 3. The Bertz CT molecular complexity index is 1360. The molecule has 0 radical (unpaired) electrons. The Labute approximate surface area is 255 Å². The Morgan fingerprint density at radius 1 is 1.05 bits per heavy atom. The van der Waals surface area contributed by atoms with Crippen LogP contribution in [0.2, 0.25) is 5.02 Å². The molecular weight excluding hydrogens is 546 g/mol. The van der Waals surface area contributed by atoms with Gasteiger partial charge in [0.15, 0.2) is 0 Å². The molecule has 4 rings (SSSR count). The van der Waals surface area contributed by atoms with Gasteiger partial charge in [-0.3, -0.25) is 14.7 Å². The molecule has 2 heterocycles. The lowest BCUT2D eigenvalue weighted by atomic mass is 9.96. The third kappa shape index (κ3) is 7.71. The number of carbonyl (C=O) groups excluding carboxylic acids is 1. The molecule has 0 spiro atoms. The van der Waals surface area contributed by atoms with Crippen LogP contribution < -0.4 is 15.5 Å². The minimum Gasteiger partial charge on any atom is -0.385 e. The van der Waals surface area contributed by atoms with Crippen LogP contribution in [0.3, 0.4) is 0 Å². The summed E-state index contributed by atoms with van der Waals surface area (Å²) in [4.78, 5) is 21.9. The molecule has 1 amide bonds. The Morgan fingerprint density at radius 2 is 1.74 bits per heavy atom. The normalized spacial score (nSPS) is 17.0. The zero-order chi connectivity index (χ0) is 30.3. The highest BCUT2D eigenvalue weighted by Crippen LogP contribution is 2.35. The van der Waals surface area contributed by atoms with Gasteiger partial charge < -0.3 is 20.6 Å². The summed E-state index contributed by atoms with van der Waals surface area (Å²) in [5.41, 5.74) is 5.23. The van der Waals surface area contributed by atoms with Crippen LogP contribution in [0.15, 0.2) is 67.4 Å². The molecule has 3 N–H and O–H groups in total. The highest BCUT2D eigenvalue weighted by molar-refractivity contribution is 6.30. The fraction of sp³-hybridized carbons (Fsp3) is 0.412. The Hall–Kier alpha value is -3.39. The van der Waals surface area contributed by atoms with Crippen molar-refractivity contribution in [1.82, 2.24) is 20.5 Å². The van der Waals surface area contributed by atoms with Gasteiger partial charge in [-0.15, -0.1) is 0 Å². The SMILES string of the molecule is C=C(NCCC)c1ccc([C@](C)(O)CN2CCN(c3ccc(C(=O)NCCC)cc3C)[C@H](c3ccc(Cl)cc3)C2)nc1. The number of nitrogens with zero attached hydrogens (tertiary/aromatic N) is 3. The molecule has 7 nitrogen and oxygen atoms in total. The van der Waals surface area contributed by atoms with E-state index in [0.717, 1.165) is 60.6 Å². The van der Waals surface area contributed by atoms with Gasteiger partial charge in [0.05, 0.1) is 11.7 Å². The van der Waals surface area contributed by atoms with Gasteiger partial charge in [0.2, 0.25) is 0 Å². The van der Waals surface area contributed by atoms with E-state index in [4.69, 9.17) is 11.6 Å². The maximum Gasteiger partial charge on any atom is 0.251 e. The van der Waals surface area contributed by atoms with Crippen LogP contribution in [0.1, 0.15) is 72.4 Å². The number of carbonyl (C=O) groups is 1. The van der Waals surface area contributed by atoms with E-state index in [9.17, 15) is 9.90 Å². The molecule has 2 atom stereocenters. The van der Waals surface area contributed by atoms with E-state index in [2.05, 4.69) is 64.0 Å². The minimum absolute atomic E-state index is 0.0357. The van der Waals surface area contributed by atoms with Crippen LogP contribution in [0.25, 0.3) is 5.70 Å². The average molecular weight is 590 g/mol. The number of aliphatic hydroxyl groups is 1. The first-order valence-corrected chi connectivity index (χ1v) is 15.3. The standard InChI is InChI=1S/C34H44ClN5O2/c1-6-16-36-25(4)28-11-15-32(38-21-28)34(5,42)23-39-18-19-40(31(22-39)26-8-12-29(35)13-9-26)30-14-10-27(20-24(30)3)33(41)37-17-7-2/h8-15,20-21,31,36,42H,4,6-7,16-19,22-23H2,1-3,5H3,(H,37,41)/t31-,34+/m0/s1. The maximum atomic E-state index is 12.6. The fourth-order valence-electron chi connectivity index (χ4n) is 5.49. The van der Waals surface area contributed by atoms with Gasteiger partial charge in [-0.2, -0.15) is 0 Å². The zero-order valence-electron chi connectivity index (χ0n) is 25.3. The minimum atomic E-state index is -1.13. The summed E-state index contributed by atoms with van der Waals surface area (Å²) >= 11 is 6.24. The lowest BCUT2D eigenvalue weighted by Crippen LogP contribution is -2.52. The molecule has 2 aromatic carbocycles. The fourth-order valence-corrected chi connectivity index (χ4v) is 5.61. The Balaban J connectivity index is 1.53. The summed E-state index contributed by atoms with van der Waals surface area (Å²) in [5, 5.41) is 18.5. The molecule has 8 heteroatoms. The van der Waals surface area contributed by atoms with Crippen LogP contribution >= 0.6 is 11.6 Å². The number of rotatable bonds is 12. The van der Waals surface area contributed by atoms with E-state index in [1.165, 1.54) is 0 Å². The largest absolute Gasteiger partial charge is 0.385 e. The number of β-amino-alcohol motifs (C(OH)–C–C–N with tert-alkyl or cyclic N) is 1. The predicted molar refractivity (Wildman–Crippen MR) is 173 cm³/mol. The van der Waals surface area contributed by atoms with Crippen molar-refractivity contribution in [2.24, 2.45) is 0 Å². The van der Waals surface area contributed by atoms with Gasteiger partial charge in [0, 0.05) is 73.0 Å². The van der Waals surface area contributed by atoms with Crippen molar-refractivity contribution in [3.63, 3.8) is 0 Å². The number of aryl methyl sites for hydroxylation is 1. The summed E-state index contributed by atoms with van der Waals surface area (Å²) < 4.78 is 0. The predicted octanol–water partition coefficient (Wildman–Crippen LogP) is 5.92. The first-order chi connectivity index (χ1) is 20.1. The number of aromatic nitrogens is 1. The molecule has 3 aromatic rings. The summed E-state index contributed by atoms with van der Waals surface area (Å²) in [6.45, 7) is 16.4. The van der Waals surface area contributed by atoms with Crippen molar-refractivity contribution in [3.05, 3.63) is 100 Å². The summed E-state index contributed by atoms with van der Waals surface area (Å²) in [5.74, 6) is -0.0454. The molecular formula is C34H44ClN5O2. The lowest BCUT2D eigenvalue weighted by molar-refractivity contribution is 0.00676. The van der Waals surface area contributed by atoms with Crippen LogP contribution in [0.5, 0.6) is 0 Å². The number of amides is 1. The van der Waals surface area contributed by atoms with Crippen LogP contribution in [-0.4, -0.2) is 60.2 Å². The third-order valence-electron chi connectivity index (χ3n) is 7.81. The van der Waals surface area contributed by atoms with Crippen molar-refractivity contribution in [3.8, 4) is 0 Å².